The van der Waals surface area contributed by atoms with E-state index in [1.54, 1.807) is 36.7 Å². The number of hydrogen-bond acceptors (Lipinski definition) is 6. The van der Waals surface area contributed by atoms with Crippen LogP contribution >= 0.6 is 0 Å². The molecule has 0 amide bonds. The van der Waals surface area contributed by atoms with Gasteiger partial charge in [-0.1, -0.05) is 6.07 Å². The molecule has 0 fully saturated rings. The lowest BCUT2D eigenvalue weighted by Crippen LogP contribution is -2.06. The fourth-order valence-electron chi connectivity index (χ4n) is 2.07. The highest BCUT2D eigenvalue weighted by Gasteiger charge is 2.15. The van der Waals surface area contributed by atoms with Crippen LogP contribution in [0.4, 0.5) is 5.82 Å². The highest BCUT2D eigenvalue weighted by molar-refractivity contribution is 6.05. The fourth-order valence-corrected chi connectivity index (χ4v) is 2.07. The second kappa shape index (κ2) is 5.16. The van der Waals surface area contributed by atoms with Crippen molar-refractivity contribution in [3.8, 4) is 11.4 Å². The van der Waals surface area contributed by atoms with Gasteiger partial charge in [-0.3, -0.25) is 4.98 Å². The van der Waals surface area contributed by atoms with E-state index in [1.807, 2.05) is 6.07 Å². The topological polar surface area (TPSA) is 91.0 Å². The number of fused-ring (bicyclic) bond motifs is 1. The smallest absolute Gasteiger partial charge is 0.340 e. The van der Waals surface area contributed by atoms with Gasteiger partial charge in [0.05, 0.1) is 18.2 Å². The molecule has 0 aliphatic rings. The maximum atomic E-state index is 11.9. The highest BCUT2D eigenvalue weighted by atomic mass is 16.5. The van der Waals surface area contributed by atoms with Gasteiger partial charge in [0.2, 0.25) is 0 Å². The Kier molecular flexibility index (Phi) is 3.19. The van der Waals surface area contributed by atoms with Gasteiger partial charge in [-0.25, -0.2) is 14.8 Å². The zero-order valence-electron chi connectivity index (χ0n) is 11.3. The zero-order chi connectivity index (χ0) is 14.8. The first kappa shape index (κ1) is 13.0. The molecule has 6 heteroatoms. The second-order valence-electron chi connectivity index (χ2n) is 4.37. The van der Waals surface area contributed by atoms with E-state index < -0.39 is 5.97 Å². The summed E-state index contributed by atoms with van der Waals surface area (Å²) >= 11 is 0. The highest BCUT2D eigenvalue weighted by Crippen LogP contribution is 2.25. The number of rotatable bonds is 2. The number of nitrogens with zero attached hydrogens (tertiary/aromatic N) is 3. The minimum Gasteiger partial charge on any atom is -0.465 e. The van der Waals surface area contributed by atoms with Crippen molar-refractivity contribution >= 4 is 22.7 Å². The number of pyridine rings is 1. The Balaban J connectivity index is 2.29. The molecule has 0 spiro atoms. The molecule has 104 valence electrons. The third kappa shape index (κ3) is 2.27. The van der Waals surface area contributed by atoms with Crippen LogP contribution in [0.3, 0.4) is 0 Å². The van der Waals surface area contributed by atoms with Crippen LogP contribution in [0.25, 0.3) is 22.3 Å². The molecule has 2 aromatic heterocycles. The van der Waals surface area contributed by atoms with Gasteiger partial charge >= 0.3 is 5.97 Å². The van der Waals surface area contributed by atoms with Gasteiger partial charge in [-0.2, -0.15) is 0 Å². The van der Waals surface area contributed by atoms with Gasteiger partial charge in [-0.15, -0.1) is 0 Å². The quantitative estimate of drug-likeness (QED) is 0.722. The van der Waals surface area contributed by atoms with Gasteiger partial charge in [0.1, 0.15) is 5.82 Å². The van der Waals surface area contributed by atoms with Crippen molar-refractivity contribution in [1.82, 2.24) is 15.0 Å². The molecule has 0 saturated heterocycles. The van der Waals surface area contributed by atoms with Crippen molar-refractivity contribution in [2.45, 2.75) is 0 Å². The molecule has 1 aromatic carbocycles. The number of anilines is 1. The van der Waals surface area contributed by atoms with Crippen molar-refractivity contribution < 1.29 is 9.53 Å². The number of carbonyl (C=O) groups is 1. The molecule has 2 N–H and O–H groups in total. The van der Waals surface area contributed by atoms with E-state index in [0.717, 1.165) is 5.56 Å². The summed E-state index contributed by atoms with van der Waals surface area (Å²) in [5.41, 5.74) is 7.53. The number of nitrogen functional groups attached to an aromatic ring is 1. The molecule has 0 saturated carbocycles. The van der Waals surface area contributed by atoms with Crippen LogP contribution in [0, 0.1) is 0 Å². The fraction of sp³-hybridized carbons (Fsp3) is 0.0667. The van der Waals surface area contributed by atoms with Crippen LogP contribution in [0.15, 0.2) is 42.7 Å². The van der Waals surface area contributed by atoms with Crippen LogP contribution in [-0.2, 0) is 4.74 Å². The van der Waals surface area contributed by atoms with Crippen LogP contribution in [-0.4, -0.2) is 28.0 Å². The number of esters is 1. The minimum absolute atomic E-state index is 0.310. The molecular weight excluding hydrogens is 268 g/mol. The largest absolute Gasteiger partial charge is 0.465 e. The Bertz CT molecular complexity index is 819. The van der Waals surface area contributed by atoms with Crippen LogP contribution in [0.1, 0.15) is 10.4 Å². The lowest BCUT2D eigenvalue weighted by Gasteiger charge is -2.08. The third-order valence-electron chi connectivity index (χ3n) is 3.08. The summed E-state index contributed by atoms with van der Waals surface area (Å²) in [6, 6.07) is 8.75. The predicted molar refractivity (Wildman–Crippen MR) is 78.5 cm³/mol. The Morgan fingerprint density at radius 2 is 2.05 bits per heavy atom. The molecule has 21 heavy (non-hydrogen) atoms. The van der Waals surface area contributed by atoms with Crippen molar-refractivity contribution in [2.75, 3.05) is 12.8 Å². The summed E-state index contributed by atoms with van der Waals surface area (Å²) in [6.45, 7) is 0. The normalized spacial score (nSPS) is 10.5. The number of nitrogens with two attached hydrogens (primary N) is 1. The van der Waals surface area contributed by atoms with Gasteiger partial charge < -0.3 is 10.5 Å². The first-order valence-corrected chi connectivity index (χ1v) is 6.25. The molecule has 6 nitrogen and oxygen atoms in total. The molecule has 0 aliphatic carbocycles. The van der Waals surface area contributed by atoms with Crippen LogP contribution in [0.5, 0.6) is 0 Å². The van der Waals surface area contributed by atoms with Crippen molar-refractivity contribution in [3.05, 3.63) is 48.3 Å². The molecule has 0 bridgehead atoms. The summed E-state index contributed by atoms with van der Waals surface area (Å²) in [6.07, 6.45) is 3.30. The molecule has 3 rings (SSSR count). The summed E-state index contributed by atoms with van der Waals surface area (Å²) in [4.78, 5) is 24.6. The molecule has 0 aliphatic heterocycles. The zero-order valence-corrected chi connectivity index (χ0v) is 11.3. The SMILES string of the molecule is COC(=O)c1cccc2c(N)nc(-c3cccnc3)nc12. The number of methoxy groups -OCH3 is 1. The molecule has 0 radical (unpaired) electrons. The monoisotopic (exact) mass is 280 g/mol. The average Bonchev–Trinajstić information content (AvgIpc) is 2.54. The van der Waals surface area contributed by atoms with Gasteiger partial charge in [0, 0.05) is 23.3 Å². The standard InChI is InChI=1S/C15H12N4O2/c1-21-15(20)11-6-2-5-10-12(11)18-14(19-13(10)16)9-4-3-7-17-8-9/h2-8H,1H3,(H2,16,18,19). The van der Waals surface area contributed by atoms with E-state index >= 15 is 0 Å². The summed E-state index contributed by atoms with van der Waals surface area (Å²) in [5, 5.41) is 0.616. The molecule has 3 aromatic rings. The molecule has 2 heterocycles. The van der Waals surface area contributed by atoms with E-state index in [4.69, 9.17) is 10.5 Å². The number of para-hydroxylation sites is 1. The van der Waals surface area contributed by atoms with Crippen molar-refractivity contribution in [2.24, 2.45) is 0 Å². The Morgan fingerprint density at radius 3 is 2.76 bits per heavy atom. The second-order valence-corrected chi connectivity index (χ2v) is 4.37. The van der Waals surface area contributed by atoms with Crippen LogP contribution < -0.4 is 5.73 Å². The van der Waals surface area contributed by atoms with Crippen LogP contribution in [0.2, 0.25) is 0 Å². The van der Waals surface area contributed by atoms with E-state index in [9.17, 15) is 4.79 Å². The first-order valence-electron chi connectivity index (χ1n) is 6.25. The van der Waals surface area contributed by atoms with Gasteiger partial charge in [0.25, 0.3) is 0 Å². The number of benzene rings is 1. The Labute approximate surface area is 120 Å². The Hall–Kier alpha value is -3.02. The Morgan fingerprint density at radius 1 is 1.19 bits per heavy atom. The summed E-state index contributed by atoms with van der Waals surface area (Å²) in [7, 11) is 1.33. The predicted octanol–water partition coefficient (Wildman–Crippen LogP) is 2.06. The maximum Gasteiger partial charge on any atom is 0.340 e. The van der Waals surface area contributed by atoms with Crippen molar-refractivity contribution in [1.29, 1.82) is 0 Å². The van der Waals surface area contributed by atoms with E-state index in [1.165, 1.54) is 7.11 Å². The summed E-state index contributed by atoms with van der Waals surface area (Å²) < 4.78 is 4.78. The average molecular weight is 280 g/mol. The molecule has 0 atom stereocenters. The third-order valence-corrected chi connectivity index (χ3v) is 3.08. The van der Waals surface area contributed by atoms with E-state index in [0.29, 0.717) is 28.1 Å². The number of ether oxygens (including phenoxy) is 1. The number of aromatic nitrogens is 3. The van der Waals surface area contributed by atoms with E-state index in [2.05, 4.69) is 15.0 Å². The first-order chi connectivity index (χ1) is 10.2. The van der Waals surface area contributed by atoms with Crippen molar-refractivity contribution in [3.63, 3.8) is 0 Å². The van der Waals surface area contributed by atoms with E-state index in [-0.39, 0.29) is 0 Å². The summed E-state index contributed by atoms with van der Waals surface area (Å²) in [5.74, 6) is 0.268. The number of carbonyl (C=O) groups excluding carboxylic acids is 1. The minimum atomic E-state index is -0.462. The lowest BCUT2D eigenvalue weighted by molar-refractivity contribution is 0.0603. The molecular formula is C15H12N4O2. The van der Waals surface area contributed by atoms with Gasteiger partial charge in [-0.05, 0) is 24.3 Å². The lowest BCUT2D eigenvalue weighted by atomic mass is 10.1. The van der Waals surface area contributed by atoms with Gasteiger partial charge in [0.15, 0.2) is 5.82 Å². The molecule has 0 unspecified atom stereocenters. The number of hydrogen-bond donors (Lipinski definition) is 1. The maximum absolute atomic E-state index is 11.9.